The molecule has 3 rings (SSSR count). The first-order chi connectivity index (χ1) is 12.3. The lowest BCUT2D eigenvalue weighted by molar-refractivity contribution is -0.115. The van der Waals surface area contributed by atoms with E-state index in [1.807, 2.05) is 28.7 Å². The second-order valence-corrected chi connectivity index (χ2v) is 8.35. The van der Waals surface area contributed by atoms with E-state index in [0.29, 0.717) is 16.8 Å². The van der Waals surface area contributed by atoms with Gasteiger partial charge in [0.05, 0.1) is 4.90 Å². The van der Waals surface area contributed by atoms with Crippen LogP contribution in [0.1, 0.15) is 9.49 Å². The van der Waals surface area contributed by atoms with Gasteiger partial charge in [-0.15, -0.1) is 0 Å². The monoisotopic (exact) mass is 482 g/mol. The van der Waals surface area contributed by atoms with Crippen LogP contribution in [0.5, 0.6) is 0 Å². The molecule has 0 radical (unpaired) electrons. The first-order valence-corrected chi connectivity index (χ1v) is 10.2. The maximum absolute atomic E-state index is 12.6. The Morgan fingerprint density at radius 1 is 1.08 bits per heavy atom. The maximum Gasteiger partial charge on any atom is 0.294 e. The van der Waals surface area contributed by atoms with Gasteiger partial charge in [-0.2, -0.15) is 8.42 Å². The van der Waals surface area contributed by atoms with Crippen LogP contribution < -0.4 is 11.1 Å². The maximum atomic E-state index is 12.6. The van der Waals surface area contributed by atoms with Gasteiger partial charge in [0.15, 0.2) is 0 Å². The molecule has 0 saturated heterocycles. The highest BCUT2D eigenvalue weighted by atomic mass is 127. The van der Waals surface area contributed by atoms with Crippen LogP contribution in [-0.2, 0) is 14.9 Å². The minimum atomic E-state index is -4.28. The Balaban J connectivity index is 1.93. The summed E-state index contributed by atoms with van der Waals surface area (Å²) >= 11 is 2.04. The molecule has 3 aromatic carbocycles. The Hall–Kier alpha value is -2.17. The topological polar surface area (TPSA) is 109 Å². The van der Waals surface area contributed by atoms with Crippen LogP contribution in [0.15, 0.2) is 65.6 Å². The number of nitrogens with two attached hydrogens (primary N) is 1. The lowest BCUT2D eigenvalue weighted by atomic mass is 10.0. The number of alkyl halides is 1. The van der Waals surface area contributed by atoms with Crippen LogP contribution >= 0.6 is 22.6 Å². The predicted molar refractivity (Wildman–Crippen MR) is 110 cm³/mol. The number of fused-ring (bicyclic) bond motifs is 1. The molecule has 4 N–H and O–H groups in total. The third-order valence-corrected chi connectivity index (χ3v) is 5.95. The van der Waals surface area contributed by atoms with E-state index >= 15 is 0 Å². The molecule has 0 spiro atoms. The number of benzene rings is 3. The molecule has 26 heavy (non-hydrogen) atoms. The third kappa shape index (κ3) is 3.97. The number of hydrogen-bond donors (Lipinski definition) is 3. The molecule has 1 unspecified atom stereocenters. The highest BCUT2D eigenvalue weighted by molar-refractivity contribution is 14.1. The Labute approximate surface area is 164 Å². The summed E-state index contributed by atoms with van der Waals surface area (Å²) in [6.07, 6.45) is 0. The molecular weight excluding hydrogens is 467 g/mol. The summed E-state index contributed by atoms with van der Waals surface area (Å²) in [5, 5.41) is 4.20. The summed E-state index contributed by atoms with van der Waals surface area (Å²) in [5.74, 6) is -0.207. The van der Waals surface area contributed by atoms with Crippen molar-refractivity contribution in [3.8, 4) is 0 Å². The molecule has 0 fully saturated rings. The van der Waals surface area contributed by atoms with Crippen LogP contribution in [0.3, 0.4) is 0 Å². The molecule has 134 valence electrons. The van der Waals surface area contributed by atoms with Crippen molar-refractivity contribution in [2.75, 3.05) is 11.1 Å². The molecule has 3 aromatic rings. The van der Waals surface area contributed by atoms with Crippen LogP contribution in [0.4, 0.5) is 11.4 Å². The molecule has 0 aliphatic rings. The molecule has 1 atom stereocenters. The second kappa shape index (κ2) is 7.22. The Morgan fingerprint density at radius 2 is 1.77 bits per heavy atom. The summed E-state index contributed by atoms with van der Waals surface area (Å²) in [6.45, 7) is 0. The summed E-state index contributed by atoms with van der Waals surface area (Å²) in [4.78, 5) is 12.4. The summed E-state index contributed by atoms with van der Waals surface area (Å²) in [6, 6.07) is 16.4. The van der Waals surface area contributed by atoms with Crippen molar-refractivity contribution in [1.82, 2.24) is 0 Å². The fraction of sp³-hybridized carbons (Fsp3) is 0.0556. The molecule has 6 nitrogen and oxygen atoms in total. The van der Waals surface area contributed by atoms with Gasteiger partial charge in [-0.05, 0) is 52.7 Å². The van der Waals surface area contributed by atoms with Gasteiger partial charge in [0.25, 0.3) is 10.1 Å². The average molecular weight is 482 g/mol. The number of hydrogen-bond acceptors (Lipinski definition) is 4. The van der Waals surface area contributed by atoms with E-state index in [1.165, 1.54) is 12.1 Å². The van der Waals surface area contributed by atoms with E-state index in [4.69, 9.17) is 5.73 Å². The first kappa shape index (κ1) is 18.6. The van der Waals surface area contributed by atoms with Crippen LogP contribution in [0.2, 0.25) is 0 Å². The average Bonchev–Trinajstić information content (AvgIpc) is 2.61. The second-order valence-electron chi connectivity index (χ2n) is 5.68. The first-order valence-electron chi connectivity index (χ1n) is 7.56. The lowest BCUT2D eigenvalue weighted by Crippen LogP contribution is -2.17. The fourth-order valence-electron chi connectivity index (χ4n) is 2.58. The van der Waals surface area contributed by atoms with Crippen molar-refractivity contribution in [3.05, 3.63) is 66.2 Å². The quantitative estimate of drug-likeness (QED) is 0.227. The highest BCUT2D eigenvalue weighted by Gasteiger charge is 2.20. The van der Waals surface area contributed by atoms with Crippen molar-refractivity contribution >= 4 is 60.8 Å². The standard InChI is InChI=1S/C18H15IN2O4S/c19-17(18(22)21-13-6-4-12(20)5-7-13)16-3-1-2-11-10-14(26(23,24)25)8-9-15(11)16/h1-10,17H,20H2,(H,21,22)(H,23,24,25). The largest absolute Gasteiger partial charge is 0.399 e. The van der Waals surface area contributed by atoms with Crippen LogP contribution in [0.25, 0.3) is 10.8 Å². The summed E-state index contributed by atoms with van der Waals surface area (Å²) in [7, 11) is -4.28. The van der Waals surface area contributed by atoms with Gasteiger partial charge in [-0.1, -0.05) is 46.9 Å². The van der Waals surface area contributed by atoms with Gasteiger partial charge in [-0.25, -0.2) is 0 Å². The van der Waals surface area contributed by atoms with Crippen molar-refractivity contribution in [1.29, 1.82) is 0 Å². The molecular formula is C18H15IN2O4S. The SMILES string of the molecule is Nc1ccc(NC(=O)C(I)c2cccc3cc(S(=O)(=O)O)ccc23)cc1. The van der Waals surface area contributed by atoms with Crippen molar-refractivity contribution in [3.63, 3.8) is 0 Å². The number of anilines is 2. The normalized spacial score (nSPS) is 12.7. The van der Waals surface area contributed by atoms with E-state index in [1.54, 1.807) is 42.5 Å². The predicted octanol–water partition coefficient (Wildman–Crippen LogP) is 3.78. The number of nitrogen functional groups attached to an aromatic ring is 1. The minimum Gasteiger partial charge on any atom is -0.399 e. The van der Waals surface area contributed by atoms with Crippen molar-refractivity contribution in [2.24, 2.45) is 0 Å². The number of rotatable bonds is 4. The van der Waals surface area contributed by atoms with E-state index < -0.39 is 14.0 Å². The highest BCUT2D eigenvalue weighted by Crippen LogP contribution is 2.32. The van der Waals surface area contributed by atoms with E-state index in [2.05, 4.69) is 5.32 Å². The van der Waals surface area contributed by atoms with Gasteiger partial charge < -0.3 is 11.1 Å². The lowest BCUT2D eigenvalue weighted by Gasteiger charge is -2.14. The molecule has 0 heterocycles. The Morgan fingerprint density at radius 3 is 2.42 bits per heavy atom. The number of nitrogens with one attached hydrogen (secondary N) is 1. The van der Waals surface area contributed by atoms with Crippen LogP contribution in [-0.4, -0.2) is 18.9 Å². The smallest absolute Gasteiger partial charge is 0.294 e. The van der Waals surface area contributed by atoms with Crippen LogP contribution in [0, 0.1) is 0 Å². The zero-order valence-electron chi connectivity index (χ0n) is 13.4. The molecule has 0 aromatic heterocycles. The molecule has 0 aliphatic heterocycles. The molecule has 0 aliphatic carbocycles. The zero-order chi connectivity index (χ0) is 18.9. The zero-order valence-corrected chi connectivity index (χ0v) is 16.4. The molecule has 0 saturated carbocycles. The van der Waals surface area contributed by atoms with E-state index in [-0.39, 0.29) is 10.8 Å². The van der Waals surface area contributed by atoms with E-state index in [9.17, 15) is 17.8 Å². The van der Waals surface area contributed by atoms with Gasteiger partial charge in [0, 0.05) is 11.4 Å². The molecule has 0 bridgehead atoms. The van der Waals surface area contributed by atoms with Crippen molar-refractivity contribution in [2.45, 2.75) is 8.82 Å². The van der Waals surface area contributed by atoms with Crippen molar-refractivity contribution < 1.29 is 17.8 Å². The number of carbonyl (C=O) groups excluding carboxylic acids is 1. The third-order valence-electron chi connectivity index (χ3n) is 3.86. The Bertz CT molecular complexity index is 1080. The number of amides is 1. The van der Waals surface area contributed by atoms with Gasteiger partial charge in [-0.3, -0.25) is 9.35 Å². The molecule has 8 heteroatoms. The minimum absolute atomic E-state index is 0.182. The number of carbonyl (C=O) groups is 1. The Kier molecular flexibility index (Phi) is 5.17. The van der Waals surface area contributed by atoms with Gasteiger partial charge in [0.2, 0.25) is 5.91 Å². The summed E-state index contributed by atoms with van der Waals surface area (Å²) in [5.41, 5.74) is 7.63. The van der Waals surface area contributed by atoms with E-state index in [0.717, 1.165) is 10.9 Å². The molecule has 1 amide bonds. The van der Waals surface area contributed by atoms with Gasteiger partial charge in [0.1, 0.15) is 3.92 Å². The summed E-state index contributed by atoms with van der Waals surface area (Å²) < 4.78 is 31.3. The van der Waals surface area contributed by atoms with Gasteiger partial charge >= 0.3 is 0 Å². The number of halogens is 1. The fourth-order valence-corrected chi connectivity index (χ4v) is 3.80.